The molecule has 1 fully saturated rings. The summed E-state index contributed by atoms with van der Waals surface area (Å²) in [6.45, 7) is 13.7. The highest BCUT2D eigenvalue weighted by molar-refractivity contribution is 6.56. The molecule has 2 heterocycles. The number of benzene rings is 1. The Labute approximate surface area is 172 Å². The van der Waals surface area contributed by atoms with E-state index >= 15 is 0 Å². The SMILES string of the molecule is CC(C)(C)OC(=O)NCC(=Cc1coc2ccccc12)B1OC(C)(C)C(C)(C)O1. The highest BCUT2D eigenvalue weighted by Gasteiger charge is 2.52. The fraction of sp³-hybridized carbons (Fsp3) is 0.500. The van der Waals surface area contributed by atoms with Crippen LogP contribution in [0, 0.1) is 0 Å². The zero-order valence-electron chi connectivity index (χ0n) is 18.3. The molecule has 156 valence electrons. The molecule has 1 aromatic carbocycles. The van der Waals surface area contributed by atoms with Crippen molar-refractivity contribution in [3.05, 3.63) is 41.6 Å². The Hall–Kier alpha value is -2.25. The van der Waals surface area contributed by atoms with E-state index < -0.39 is 30.0 Å². The molecule has 1 amide bonds. The van der Waals surface area contributed by atoms with Gasteiger partial charge in [-0.3, -0.25) is 0 Å². The minimum atomic E-state index is -0.594. The van der Waals surface area contributed by atoms with E-state index in [0.717, 1.165) is 22.0 Å². The Morgan fingerprint density at radius 3 is 2.38 bits per heavy atom. The monoisotopic (exact) mass is 399 g/mol. The first-order valence-electron chi connectivity index (χ1n) is 9.87. The molecule has 0 saturated carbocycles. The fourth-order valence-corrected chi connectivity index (χ4v) is 3.00. The van der Waals surface area contributed by atoms with Crippen molar-refractivity contribution in [1.82, 2.24) is 5.32 Å². The van der Waals surface area contributed by atoms with Gasteiger partial charge in [-0.15, -0.1) is 0 Å². The second kappa shape index (κ2) is 7.54. The second-order valence-electron chi connectivity index (χ2n) is 9.35. The minimum Gasteiger partial charge on any atom is -0.464 e. The van der Waals surface area contributed by atoms with Gasteiger partial charge in [0.25, 0.3) is 0 Å². The molecule has 0 atom stereocenters. The summed E-state index contributed by atoms with van der Waals surface area (Å²) < 4.78 is 23.4. The summed E-state index contributed by atoms with van der Waals surface area (Å²) in [5.74, 6) is 0. The van der Waals surface area contributed by atoms with Gasteiger partial charge >= 0.3 is 13.2 Å². The molecule has 1 aliphatic heterocycles. The van der Waals surface area contributed by atoms with E-state index in [2.05, 4.69) is 5.32 Å². The third-order valence-electron chi connectivity index (χ3n) is 5.24. The van der Waals surface area contributed by atoms with E-state index in [1.807, 2.05) is 78.8 Å². The topological polar surface area (TPSA) is 69.9 Å². The number of alkyl carbamates (subject to hydrolysis) is 1. The zero-order chi connectivity index (χ0) is 21.4. The molecular formula is C22H30BNO5. The third-order valence-corrected chi connectivity index (χ3v) is 5.24. The van der Waals surface area contributed by atoms with E-state index in [4.69, 9.17) is 18.5 Å². The zero-order valence-corrected chi connectivity index (χ0v) is 18.3. The molecule has 0 bridgehead atoms. The van der Waals surface area contributed by atoms with Crippen LogP contribution in [0.1, 0.15) is 54.0 Å². The second-order valence-corrected chi connectivity index (χ2v) is 9.35. The lowest BCUT2D eigenvalue weighted by Crippen LogP contribution is -2.41. The number of furan rings is 1. The number of hydrogen-bond acceptors (Lipinski definition) is 5. The summed E-state index contributed by atoms with van der Waals surface area (Å²) in [7, 11) is -0.594. The van der Waals surface area contributed by atoms with Crippen LogP contribution in [0.3, 0.4) is 0 Å². The van der Waals surface area contributed by atoms with Gasteiger partial charge in [0.05, 0.1) is 17.5 Å². The summed E-state index contributed by atoms with van der Waals surface area (Å²) >= 11 is 0. The number of para-hydroxylation sites is 1. The maximum absolute atomic E-state index is 12.2. The van der Waals surface area contributed by atoms with Crippen LogP contribution in [0.5, 0.6) is 0 Å². The summed E-state index contributed by atoms with van der Waals surface area (Å²) in [6, 6.07) is 7.80. The van der Waals surface area contributed by atoms with Gasteiger partial charge in [0.15, 0.2) is 0 Å². The largest absolute Gasteiger partial charge is 0.492 e. The first-order valence-corrected chi connectivity index (χ1v) is 9.87. The quantitative estimate of drug-likeness (QED) is 0.735. The van der Waals surface area contributed by atoms with Crippen LogP contribution in [0.25, 0.3) is 17.0 Å². The molecule has 1 aromatic heterocycles. The first kappa shape index (κ1) is 21.5. The molecule has 6 nitrogen and oxygen atoms in total. The van der Waals surface area contributed by atoms with Crippen molar-refractivity contribution in [2.75, 3.05) is 6.54 Å². The van der Waals surface area contributed by atoms with Crippen LogP contribution in [0.2, 0.25) is 0 Å². The van der Waals surface area contributed by atoms with Gasteiger partial charge in [-0.1, -0.05) is 24.3 Å². The Bertz CT molecular complexity index is 907. The molecule has 2 aromatic rings. The van der Waals surface area contributed by atoms with Crippen LogP contribution >= 0.6 is 0 Å². The molecular weight excluding hydrogens is 369 g/mol. The average Bonchev–Trinajstić information content (AvgIpc) is 3.08. The van der Waals surface area contributed by atoms with Crippen molar-refractivity contribution in [3.8, 4) is 0 Å². The summed E-state index contributed by atoms with van der Waals surface area (Å²) in [6.07, 6.45) is 3.16. The number of carbonyl (C=O) groups excluding carboxylic acids is 1. The number of ether oxygens (including phenoxy) is 1. The van der Waals surface area contributed by atoms with Crippen molar-refractivity contribution >= 4 is 30.3 Å². The predicted octanol–water partition coefficient (Wildman–Crippen LogP) is 4.97. The third kappa shape index (κ3) is 4.85. The summed E-state index contributed by atoms with van der Waals surface area (Å²) in [5.41, 5.74) is 0.936. The molecule has 0 radical (unpaired) electrons. The van der Waals surface area contributed by atoms with Crippen LogP contribution in [-0.2, 0) is 14.0 Å². The smallest absolute Gasteiger partial charge is 0.464 e. The van der Waals surface area contributed by atoms with E-state index in [0.29, 0.717) is 0 Å². The molecule has 0 spiro atoms. The van der Waals surface area contributed by atoms with Gasteiger partial charge in [-0.2, -0.15) is 0 Å². The molecule has 0 aliphatic carbocycles. The van der Waals surface area contributed by atoms with E-state index in [-0.39, 0.29) is 6.54 Å². The van der Waals surface area contributed by atoms with E-state index in [1.165, 1.54) is 0 Å². The Kier molecular flexibility index (Phi) is 5.58. The van der Waals surface area contributed by atoms with Crippen molar-refractivity contribution in [2.45, 2.75) is 65.3 Å². The van der Waals surface area contributed by atoms with Crippen molar-refractivity contribution in [1.29, 1.82) is 0 Å². The molecule has 1 N–H and O–H groups in total. The highest BCUT2D eigenvalue weighted by atomic mass is 16.7. The van der Waals surface area contributed by atoms with Crippen molar-refractivity contribution in [2.24, 2.45) is 0 Å². The van der Waals surface area contributed by atoms with Crippen LogP contribution in [-0.4, -0.2) is 36.6 Å². The standard InChI is InChI=1S/C22H30BNO5/c1-20(2,3)27-19(25)24-13-16(23-28-21(4,5)22(6,7)29-23)12-15-14-26-18-11-9-8-10-17(15)18/h8-12,14H,13H2,1-7H3,(H,24,25). The maximum atomic E-state index is 12.2. The number of rotatable bonds is 4. The summed E-state index contributed by atoms with van der Waals surface area (Å²) in [4.78, 5) is 12.2. The van der Waals surface area contributed by atoms with Gasteiger partial charge < -0.3 is 23.8 Å². The van der Waals surface area contributed by atoms with E-state index in [1.54, 1.807) is 6.26 Å². The van der Waals surface area contributed by atoms with Gasteiger partial charge in [-0.25, -0.2) is 4.79 Å². The van der Waals surface area contributed by atoms with Crippen LogP contribution in [0.4, 0.5) is 4.79 Å². The first-order chi connectivity index (χ1) is 13.4. The lowest BCUT2D eigenvalue weighted by Gasteiger charge is -2.32. The maximum Gasteiger partial charge on any atom is 0.492 e. The van der Waals surface area contributed by atoms with Gasteiger partial charge in [0.1, 0.15) is 11.2 Å². The van der Waals surface area contributed by atoms with Crippen LogP contribution in [0.15, 0.2) is 40.4 Å². The lowest BCUT2D eigenvalue weighted by atomic mass is 9.77. The number of fused-ring (bicyclic) bond motifs is 1. The van der Waals surface area contributed by atoms with Gasteiger partial charge in [-0.05, 0) is 60.0 Å². The number of nitrogens with one attached hydrogen (secondary N) is 1. The van der Waals surface area contributed by atoms with Crippen molar-refractivity contribution < 1.29 is 23.3 Å². The van der Waals surface area contributed by atoms with E-state index in [9.17, 15) is 4.79 Å². The Morgan fingerprint density at radius 1 is 1.14 bits per heavy atom. The fourth-order valence-electron chi connectivity index (χ4n) is 3.00. The average molecular weight is 399 g/mol. The number of carbonyl (C=O) groups is 1. The number of amides is 1. The lowest BCUT2D eigenvalue weighted by molar-refractivity contribution is 0.00578. The number of hydrogen-bond donors (Lipinski definition) is 1. The molecule has 0 unspecified atom stereocenters. The van der Waals surface area contributed by atoms with Crippen molar-refractivity contribution in [3.63, 3.8) is 0 Å². The normalized spacial score (nSPS) is 18.9. The molecule has 29 heavy (non-hydrogen) atoms. The Morgan fingerprint density at radius 2 is 1.76 bits per heavy atom. The molecule has 1 aliphatic rings. The highest BCUT2D eigenvalue weighted by Crippen LogP contribution is 2.39. The minimum absolute atomic E-state index is 0.227. The molecule has 3 rings (SSSR count). The van der Waals surface area contributed by atoms with Gasteiger partial charge in [0, 0.05) is 17.5 Å². The summed E-state index contributed by atoms with van der Waals surface area (Å²) in [5, 5.41) is 3.80. The van der Waals surface area contributed by atoms with Gasteiger partial charge in [0.2, 0.25) is 0 Å². The predicted molar refractivity (Wildman–Crippen MR) is 115 cm³/mol. The molecule has 7 heteroatoms. The Balaban J connectivity index is 1.89. The molecule has 1 saturated heterocycles. The van der Waals surface area contributed by atoms with Crippen LogP contribution < -0.4 is 5.32 Å².